The van der Waals surface area contributed by atoms with Crippen LogP contribution in [0, 0.1) is 6.92 Å². The molecule has 0 saturated carbocycles. The van der Waals surface area contributed by atoms with Crippen molar-refractivity contribution in [3.63, 3.8) is 0 Å². The number of fused-ring (bicyclic) bond motifs is 1. The number of rotatable bonds is 3. The number of aromatic nitrogens is 2. The van der Waals surface area contributed by atoms with Crippen LogP contribution in [0.4, 0.5) is 0 Å². The van der Waals surface area contributed by atoms with E-state index in [4.69, 9.17) is 0 Å². The third-order valence-corrected chi connectivity index (χ3v) is 3.08. The second kappa shape index (κ2) is 5.57. The molecule has 0 N–H and O–H groups in total. The summed E-state index contributed by atoms with van der Waals surface area (Å²) in [7, 11) is 0. The molecule has 0 unspecified atom stereocenters. The molecule has 0 amide bonds. The Bertz CT molecular complexity index is 764. The van der Waals surface area contributed by atoms with E-state index in [0.29, 0.717) is 0 Å². The summed E-state index contributed by atoms with van der Waals surface area (Å²) in [6.07, 6.45) is 12.3. The van der Waals surface area contributed by atoms with Crippen LogP contribution >= 0.6 is 0 Å². The third-order valence-electron chi connectivity index (χ3n) is 3.08. The Morgan fingerprint density at radius 3 is 2.55 bits per heavy atom. The fraction of sp³-hybridized carbons (Fsp3) is 0.0556. The highest BCUT2D eigenvalue weighted by atomic mass is 15.0. The Kier molecular flexibility index (Phi) is 3.46. The summed E-state index contributed by atoms with van der Waals surface area (Å²) in [5, 5.41) is 0. The van der Waals surface area contributed by atoms with Gasteiger partial charge in [-0.05, 0) is 30.2 Å². The highest BCUT2D eigenvalue weighted by molar-refractivity contribution is 5.57. The van der Waals surface area contributed by atoms with E-state index in [1.165, 1.54) is 11.1 Å². The zero-order valence-electron chi connectivity index (χ0n) is 11.4. The number of nitrogens with zero attached hydrogens (tertiary/aromatic N) is 2. The molecule has 0 radical (unpaired) electrons. The van der Waals surface area contributed by atoms with Crippen LogP contribution in [-0.2, 0) is 0 Å². The van der Waals surface area contributed by atoms with E-state index in [0.717, 1.165) is 11.3 Å². The van der Waals surface area contributed by atoms with Gasteiger partial charge in [0.2, 0.25) is 0 Å². The van der Waals surface area contributed by atoms with E-state index in [1.807, 2.05) is 48.7 Å². The first-order valence-electron chi connectivity index (χ1n) is 6.66. The lowest BCUT2D eigenvalue weighted by molar-refractivity contribution is 1.16. The maximum atomic E-state index is 4.54. The van der Waals surface area contributed by atoms with E-state index < -0.39 is 0 Å². The molecule has 2 aromatic heterocycles. The lowest BCUT2D eigenvalue weighted by Crippen LogP contribution is -1.82. The summed E-state index contributed by atoms with van der Waals surface area (Å²) in [4.78, 5) is 4.54. The summed E-state index contributed by atoms with van der Waals surface area (Å²) in [6, 6.07) is 14.4. The van der Waals surface area contributed by atoms with Crippen LogP contribution in [0.2, 0.25) is 0 Å². The van der Waals surface area contributed by atoms with Crippen LogP contribution < -0.4 is 0 Å². The molecule has 98 valence electrons. The molecule has 3 aromatic rings. The van der Waals surface area contributed by atoms with Gasteiger partial charge in [-0.1, -0.05) is 54.6 Å². The SMILES string of the molecule is Cc1ccc2nc(/C=C/C=C/c3ccccc3)cn2c1. The molecule has 0 saturated heterocycles. The lowest BCUT2D eigenvalue weighted by atomic mass is 10.2. The molecule has 2 heterocycles. The number of allylic oxidation sites excluding steroid dienone is 2. The van der Waals surface area contributed by atoms with Gasteiger partial charge in [0.15, 0.2) is 0 Å². The predicted molar refractivity (Wildman–Crippen MR) is 84.4 cm³/mol. The fourth-order valence-electron chi connectivity index (χ4n) is 2.09. The number of pyridine rings is 1. The summed E-state index contributed by atoms with van der Waals surface area (Å²) in [6.45, 7) is 2.08. The first-order valence-corrected chi connectivity index (χ1v) is 6.66. The van der Waals surface area contributed by atoms with Crippen LogP contribution in [0.3, 0.4) is 0 Å². The first kappa shape index (κ1) is 12.4. The monoisotopic (exact) mass is 260 g/mol. The van der Waals surface area contributed by atoms with Crippen molar-refractivity contribution in [1.82, 2.24) is 9.38 Å². The van der Waals surface area contributed by atoms with Gasteiger partial charge in [-0.15, -0.1) is 0 Å². The van der Waals surface area contributed by atoms with Crippen LogP contribution in [0.1, 0.15) is 16.8 Å². The molecule has 0 aliphatic rings. The molecule has 1 aromatic carbocycles. The largest absolute Gasteiger partial charge is 0.306 e. The van der Waals surface area contributed by atoms with Crippen molar-refractivity contribution in [2.45, 2.75) is 6.92 Å². The fourth-order valence-corrected chi connectivity index (χ4v) is 2.09. The van der Waals surface area contributed by atoms with Gasteiger partial charge in [-0.2, -0.15) is 0 Å². The minimum Gasteiger partial charge on any atom is -0.306 e. The molecule has 20 heavy (non-hydrogen) atoms. The summed E-state index contributed by atoms with van der Waals surface area (Å²) in [5.41, 5.74) is 4.37. The van der Waals surface area contributed by atoms with E-state index in [2.05, 4.69) is 46.8 Å². The zero-order valence-corrected chi connectivity index (χ0v) is 11.4. The highest BCUT2D eigenvalue weighted by Gasteiger charge is 1.97. The molecule has 2 heteroatoms. The summed E-state index contributed by atoms with van der Waals surface area (Å²) >= 11 is 0. The second-order valence-corrected chi connectivity index (χ2v) is 4.77. The molecule has 2 nitrogen and oxygen atoms in total. The first-order chi connectivity index (χ1) is 9.81. The minimum atomic E-state index is 0.966. The Morgan fingerprint density at radius 1 is 0.900 bits per heavy atom. The van der Waals surface area contributed by atoms with E-state index in [9.17, 15) is 0 Å². The van der Waals surface area contributed by atoms with Gasteiger partial charge < -0.3 is 4.40 Å². The van der Waals surface area contributed by atoms with Gasteiger partial charge in [0.1, 0.15) is 5.65 Å². The minimum absolute atomic E-state index is 0.966. The lowest BCUT2D eigenvalue weighted by Gasteiger charge is -1.92. The molecular formula is C18H16N2. The van der Waals surface area contributed by atoms with Crippen LogP contribution in [-0.4, -0.2) is 9.38 Å². The Morgan fingerprint density at radius 2 is 1.70 bits per heavy atom. The molecule has 0 aliphatic heterocycles. The van der Waals surface area contributed by atoms with E-state index >= 15 is 0 Å². The maximum Gasteiger partial charge on any atom is 0.137 e. The number of benzene rings is 1. The number of imidazole rings is 1. The summed E-state index contributed by atoms with van der Waals surface area (Å²) in [5.74, 6) is 0. The topological polar surface area (TPSA) is 17.3 Å². The smallest absolute Gasteiger partial charge is 0.137 e. The third kappa shape index (κ3) is 2.86. The molecule has 0 spiro atoms. The molecule has 3 rings (SSSR count). The van der Waals surface area contributed by atoms with Crippen molar-refractivity contribution in [2.75, 3.05) is 0 Å². The van der Waals surface area contributed by atoms with Crippen molar-refractivity contribution >= 4 is 17.8 Å². The highest BCUT2D eigenvalue weighted by Crippen LogP contribution is 2.09. The molecule has 0 bridgehead atoms. The van der Waals surface area contributed by atoms with Gasteiger partial charge in [0.25, 0.3) is 0 Å². The van der Waals surface area contributed by atoms with Crippen molar-refractivity contribution in [3.8, 4) is 0 Å². The average molecular weight is 260 g/mol. The van der Waals surface area contributed by atoms with Crippen molar-refractivity contribution in [1.29, 1.82) is 0 Å². The maximum absolute atomic E-state index is 4.54. The van der Waals surface area contributed by atoms with Crippen molar-refractivity contribution in [2.24, 2.45) is 0 Å². The normalized spacial score (nSPS) is 11.8. The van der Waals surface area contributed by atoms with Gasteiger partial charge in [-0.25, -0.2) is 4.98 Å². The van der Waals surface area contributed by atoms with Crippen molar-refractivity contribution < 1.29 is 0 Å². The average Bonchev–Trinajstić information content (AvgIpc) is 2.86. The Balaban J connectivity index is 1.76. The number of hydrogen-bond acceptors (Lipinski definition) is 1. The van der Waals surface area contributed by atoms with Gasteiger partial charge >= 0.3 is 0 Å². The Hall–Kier alpha value is -2.61. The van der Waals surface area contributed by atoms with E-state index in [1.54, 1.807) is 0 Å². The summed E-state index contributed by atoms with van der Waals surface area (Å²) < 4.78 is 2.05. The predicted octanol–water partition coefficient (Wildman–Crippen LogP) is 4.37. The van der Waals surface area contributed by atoms with Crippen molar-refractivity contribution in [3.05, 3.63) is 83.8 Å². The standard InChI is InChI=1S/C18H16N2/c1-15-11-12-18-19-17(14-20(18)13-15)10-6-5-9-16-7-3-2-4-8-16/h2-14H,1H3/b9-5+,10-6+. The van der Waals surface area contributed by atoms with Crippen LogP contribution in [0.5, 0.6) is 0 Å². The van der Waals surface area contributed by atoms with E-state index in [-0.39, 0.29) is 0 Å². The van der Waals surface area contributed by atoms with Gasteiger partial charge in [0, 0.05) is 12.4 Å². The molecular weight excluding hydrogens is 244 g/mol. The number of aryl methyl sites for hydroxylation is 1. The Labute approximate surface area is 118 Å². The van der Waals surface area contributed by atoms with Gasteiger partial charge in [0.05, 0.1) is 5.69 Å². The molecule has 0 fully saturated rings. The molecule has 0 atom stereocenters. The van der Waals surface area contributed by atoms with Gasteiger partial charge in [-0.3, -0.25) is 0 Å². The van der Waals surface area contributed by atoms with Crippen LogP contribution in [0.25, 0.3) is 17.8 Å². The quantitative estimate of drug-likeness (QED) is 0.639. The van der Waals surface area contributed by atoms with Crippen LogP contribution in [0.15, 0.2) is 67.0 Å². The second-order valence-electron chi connectivity index (χ2n) is 4.77. The number of hydrogen-bond donors (Lipinski definition) is 0. The zero-order chi connectivity index (χ0) is 13.8. The molecule has 0 aliphatic carbocycles.